The molecule has 0 fully saturated rings. The van der Waals surface area contributed by atoms with Gasteiger partial charge in [0.25, 0.3) is 5.91 Å². The molecule has 0 atom stereocenters. The predicted molar refractivity (Wildman–Crippen MR) is 57.8 cm³/mol. The third-order valence-corrected chi connectivity index (χ3v) is 1.80. The summed E-state index contributed by atoms with van der Waals surface area (Å²) in [5.74, 6) is 0.389. The van der Waals surface area contributed by atoms with Gasteiger partial charge >= 0.3 is 0 Å². The highest BCUT2D eigenvalue weighted by Gasteiger charge is 2.22. The summed E-state index contributed by atoms with van der Waals surface area (Å²) in [4.78, 5) is 15.7. The van der Waals surface area contributed by atoms with Crippen molar-refractivity contribution in [3.05, 3.63) is 17.8 Å². The van der Waals surface area contributed by atoms with Crippen molar-refractivity contribution in [2.24, 2.45) is 0 Å². The summed E-state index contributed by atoms with van der Waals surface area (Å²) in [5.41, 5.74) is 0.171. The van der Waals surface area contributed by atoms with Gasteiger partial charge in [-0.25, -0.2) is 4.98 Å². The average Bonchev–Trinajstić information content (AvgIpc) is 2.48. The van der Waals surface area contributed by atoms with Crippen LogP contribution in [0.3, 0.4) is 0 Å². The van der Waals surface area contributed by atoms with E-state index in [0.29, 0.717) is 11.6 Å². The lowest BCUT2D eigenvalue weighted by atomic mass is 9.97. The maximum atomic E-state index is 11.6. The van der Waals surface area contributed by atoms with Gasteiger partial charge in [0.05, 0.1) is 0 Å². The third-order valence-electron chi connectivity index (χ3n) is 1.80. The molecule has 0 unspecified atom stereocenters. The minimum atomic E-state index is -0.191. The van der Waals surface area contributed by atoms with Gasteiger partial charge in [0.15, 0.2) is 11.6 Å². The molecule has 4 heteroatoms. The van der Waals surface area contributed by atoms with E-state index in [-0.39, 0.29) is 17.4 Å². The van der Waals surface area contributed by atoms with Crippen molar-refractivity contribution in [1.29, 1.82) is 0 Å². The van der Waals surface area contributed by atoms with Crippen LogP contribution in [0.2, 0.25) is 0 Å². The Kier molecular flexibility index (Phi) is 3.17. The van der Waals surface area contributed by atoms with Gasteiger partial charge in [-0.2, -0.15) is 0 Å². The molecular formula is C11H18N2O2. The van der Waals surface area contributed by atoms with Crippen LogP contribution in [0.15, 0.2) is 10.7 Å². The van der Waals surface area contributed by atoms with E-state index in [0.717, 1.165) is 0 Å². The largest absolute Gasteiger partial charge is 0.448 e. The second-order valence-corrected chi connectivity index (χ2v) is 4.92. The molecule has 1 aromatic heterocycles. The molecule has 1 aromatic rings. The van der Waals surface area contributed by atoms with E-state index in [1.54, 1.807) is 0 Å². The smallest absolute Gasteiger partial charge is 0.273 e. The lowest BCUT2D eigenvalue weighted by molar-refractivity contribution is 0.0938. The minimum Gasteiger partial charge on any atom is -0.448 e. The maximum Gasteiger partial charge on any atom is 0.273 e. The molecule has 0 aliphatic carbocycles. The molecule has 0 spiro atoms. The first-order valence-electron chi connectivity index (χ1n) is 5.07. The number of carbonyl (C=O) groups excluding carboxylic acids is 1. The summed E-state index contributed by atoms with van der Waals surface area (Å²) in [7, 11) is 0. The van der Waals surface area contributed by atoms with Crippen LogP contribution < -0.4 is 5.32 Å². The molecule has 1 N–H and O–H groups in total. The van der Waals surface area contributed by atoms with Gasteiger partial charge < -0.3 is 9.73 Å². The van der Waals surface area contributed by atoms with E-state index in [1.165, 1.54) is 6.26 Å². The van der Waals surface area contributed by atoms with E-state index in [2.05, 4.69) is 10.3 Å². The van der Waals surface area contributed by atoms with E-state index in [1.807, 2.05) is 34.6 Å². The number of hydrogen-bond acceptors (Lipinski definition) is 3. The Morgan fingerprint density at radius 1 is 1.47 bits per heavy atom. The number of hydrogen-bond donors (Lipinski definition) is 1. The van der Waals surface area contributed by atoms with Gasteiger partial charge in [0.2, 0.25) is 0 Å². The second-order valence-electron chi connectivity index (χ2n) is 4.92. The molecule has 1 amide bonds. The zero-order valence-corrected chi connectivity index (χ0v) is 9.92. The van der Waals surface area contributed by atoms with Crippen LogP contribution in [0.4, 0.5) is 0 Å². The first-order valence-corrected chi connectivity index (χ1v) is 5.07. The van der Waals surface area contributed by atoms with E-state index < -0.39 is 0 Å². The van der Waals surface area contributed by atoms with Gasteiger partial charge in [-0.3, -0.25) is 4.79 Å². The summed E-state index contributed by atoms with van der Waals surface area (Å²) in [5, 5.41) is 2.76. The standard InChI is InChI=1S/C11H18N2O2/c1-7(2)12-9(14)8-6-15-10(13-8)11(3,4)5/h6-7H,1-5H3,(H,12,14). The molecule has 0 saturated heterocycles. The van der Waals surface area contributed by atoms with Crippen LogP contribution in [-0.4, -0.2) is 16.9 Å². The fraction of sp³-hybridized carbons (Fsp3) is 0.636. The van der Waals surface area contributed by atoms with Crippen molar-refractivity contribution >= 4 is 5.91 Å². The summed E-state index contributed by atoms with van der Waals surface area (Å²) < 4.78 is 5.26. The van der Waals surface area contributed by atoms with E-state index in [9.17, 15) is 4.79 Å². The third kappa shape index (κ3) is 3.08. The molecule has 0 saturated carbocycles. The Labute approximate surface area is 90.1 Å². The quantitative estimate of drug-likeness (QED) is 0.813. The topological polar surface area (TPSA) is 55.1 Å². The van der Waals surface area contributed by atoms with Crippen LogP contribution in [0.25, 0.3) is 0 Å². The van der Waals surface area contributed by atoms with Gasteiger partial charge in [-0.05, 0) is 13.8 Å². The number of nitrogens with zero attached hydrogens (tertiary/aromatic N) is 1. The highest BCUT2D eigenvalue weighted by Crippen LogP contribution is 2.20. The van der Waals surface area contributed by atoms with Crippen molar-refractivity contribution in [3.8, 4) is 0 Å². The Morgan fingerprint density at radius 3 is 2.47 bits per heavy atom. The Balaban J connectivity index is 2.81. The monoisotopic (exact) mass is 210 g/mol. The van der Waals surface area contributed by atoms with E-state index in [4.69, 9.17) is 4.42 Å². The lowest BCUT2D eigenvalue weighted by Gasteiger charge is -2.11. The van der Waals surface area contributed by atoms with Crippen LogP contribution in [0, 0.1) is 0 Å². The van der Waals surface area contributed by atoms with Crippen LogP contribution in [-0.2, 0) is 5.41 Å². The molecule has 1 heterocycles. The van der Waals surface area contributed by atoms with Crippen molar-refractivity contribution in [2.75, 3.05) is 0 Å². The molecule has 84 valence electrons. The Bertz CT molecular complexity index is 348. The number of aromatic nitrogens is 1. The highest BCUT2D eigenvalue weighted by atomic mass is 16.3. The average molecular weight is 210 g/mol. The number of carbonyl (C=O) groups is 1. The molecule has 15 heavy (non-hydrogen) atoms. The van der Waals surface area contributed by atoms with Crippen molar-refractivity contribution in [3.63, 3.8) is 0 Å². The lowest BCUT2D eigenvalue weighted by Crippen LogP contribution is -2.30. The first-order chi connectivity index (χ1) is 6.80. The SMILES string of the molecule is CC(C)NC(=O)c1coc(C(C)(C)C)n1. The fourth-order valence-electron chi connectivity index (χ4n) is 1.06. The van der Waals surface area contributed by atoms with Crippen molar-refractivity contribution < 1.29 is 9.21 Å². The summed E-state index contributed by atoms with van der Waals surface area (Å²) >= 11 is 0. The maximum absolute atomic E-state index is 11.6. The fourth-order valence-corrected chi connectivity index (χ4v) is 1.06. The molecule has 0 radical (unpaired) electrons. The number of amides is 1. The zero-order valence-electron chi connectivity index (χ0n) is 9.92. The number of oxazole rings is 1. The summed E-state index contributed by atoms with van der Waals surface area (Å²) in [6.45, 7) is 9.78. The van der Waals surface area contributed by atoms with Gasteiger partial charge in [-0.15, -0.1) is 0 Å². The first kappa shape index (κ1) is 11.8. The number of rotatable bonds is 2. The van der Waals surface area contributed by atoms with Gasteiger partial charge in [0, 0.05) is 11.5 Å². The molecule has 1 rings (SSSR count). The summed E-state index contributed by atoms with van der Waals surface area (Å²) in [6.07, 6.45) is 1.40. The van der Waals surface area contributed by atoms with Crippen molar-refractivity contribution in [2.45, 2.75) is 46.1 Å². The molecule has 0 aliphatic heterocycles. The molecule has 0 aliphatic rings. The normalized spacial score (nSPS) is 11.9. The van der Waals surface area contributed by atoms with Crippen molar-refractivity contribution in [1.82, 2.24) is 10.3 Å². The molecular weight excluding hydrogens is 192 g/mol. The van der Waals surface area contributed by atoms with Crippen LogP contribution >= 0.6 is 0 Å². The zero-order chi connectivity index (χ0) is 11.6. The highest BCUT2D eigenvalue weighted by molar-refractivity contribution is 5.92. The molecule has 0 bridgehead atoms. The predicted octanol–water partition coefficient (Wildman–Crippen LogP) is 2.11. The van der Waals surface area contributed by atoms with Crippen LogP contribution in [0.5, 0.6) is 0 Å². The van der Waals surface area contributed by atoms with Gasteiger partial charge in [0.1, 0.15) is 6.26 Å². The molecule has 4 nitrogen and oxygen atoms in total. The van der Waals surface area contributed by atoms with Crippen LogP contribution in [0.1, 0.15) is 51.0 Å². The number of nitrogens with one attached hydrogen (secondary N) is 1. The second kappa shape index (κ2) is 4.04. The summed E-state index contributed by atoms with van der Waals surface area (Å²) in [6, 6.07) is 0.104. The molecule has 0 aromatic carbocycles. The van der Waals surface area contributed by atoms with E-state index >= 15 is 0 Å². The van der Waals surface area contributed by atoms with Gasteiger partial charge in [-0.1, -0.05) is 20.8 Å². The minimum absolute atomic E-state index is 0.104. The Morgan fingerprint density at radius 2 is 2.07 bits per heavy atom. The Hall–Kier alpha value is -1.32.